The van der Waals surface area contributed by atoms with E-state index in [1.165, 1.54) is 0 Å². The number of pyridine rings is 2. The lowest BCUT2D eigenvalue weighted by Gasteiger charge is -2.09. The van der Waals surface area contributed by atoms with Gasteiger partial charge in [0.1, 0.15) is 11.3 Å². The lowest BCUT2D eigenvalue weighted by molar-refractivity contribution is -0.123. The predicted molar refractivity (Wildman–Crippen MR) is 83.3 cm³/mol. The molecule has 3 rings (SSSR count). The minimum absolute atomic E-state index is 0.0531. The fourth-order valence-corrected chi connectivity index (χ4v) is 2.08. The van der Waals surface area contributed by atoms with Crippen LogP contribution >= 0.6 is 0 Å². The number of amides is 1. The van der Waals surface area contributed by atoms with Crippen molar-refractivity contribution in [3.63, 3.8) is 0 Å². The third kappa shape index (κ3) is 3.38. The van der Waals surface area contributed by atoms with Crippen molar-refractivity contribution in [1.82, 2.24) is 15.3 Å². The molecule has 1 N–H and O–H groups in total. The van der Waals surface area contributed by atoms with E-state index in [1.807, 2.05) is 42.5 Å². The highest BCUT2D eigenvalue weighted by Gasteiger charge is 2.06. The summed E-state index contributed by atoms with van der Waals surface area (Å²) in [4.78, 5) is 20.3. The molecule has 0 aliphatic heterocycles. The first-order chi connectivity index (χ1) is 10.8. The van der Waals surface area contributed by atoms with Gasteiger partial charge in [0.15, 0.2) is 6.61 Å². The van der Waals surface area contributed by atoms with Crippen molar-refractivity contribution in [2.75, 3.05) is 6.61 Å². The Morgan fingerprint density at radius 2 is 1.86 bits per heavy atom. The van der Waals surface area contributed by atoms with E-state index in [0.29, 0.717) is 12.3 Å². The highest BCUT2D eigenvalue weighted by Crippen LogP contribution is 2.22. The van der Waals surface area contributed by atoms with Crippen LogP contribution in [-0.4, -0.2) is 22.5 Å². The van der Waals surface area contributed by atoms with Gasteiger partial charge in [-0.2, -0.15) is 0 Å². The summed E-state index contributed by atoms with van der Waals surface area (Å²) < 4.78 is 5.57. The lowest BCUT2D eigenvalue weighted by Crippen LogP contribution is -2.28. The topological polar surface area (TPSA) is 64.1 Å². The largest absolute Gasteiger partial charge is 0.481 e. The number of fused-ring (bicyclic) bond motifs is 1. The van der Waals surface area contributed by atoms with Crippen molar-refractivity contribution in [2.24, 2.45) is 0 Å². The van der Waals surface area contributed by atoms with Gasteiger partial charge in [-0.05, 0) is 24.3 Å². The number of nitrogens with zero attached hydrogens (tertiary/aromatic N) is 2. The molecule has 3 aromatic rings. The van der Waals surface area contributed by atoms with E-state index in [-0.39, 0.29) is 12.5 Å². The minimum atomic E-state index is -0.196. The normalized spacial score (nSPS) is 10.4. The average Bonchev–Trinajstić information content (AvgIpc) is 2.59. The zero-order valence-corrected chi connectivity index (χ0v) is 11.9. The maximum atomic E-state index is 11.8. The van der Waals surface area contributed by atoms with Gasteiger partial charge in [0.05, 0.1) is 12.2 Å². The second-order valence-electron chi connectivity index (χ2n) is 4.72. The van der Waals surface area contributed by atoms with Crippen molar-refractivity contribution in [3.8, 4) is 5.75 Å². The standard InChI is InChI=1S/C17H15N3O2/c21-16(20-11-14-7-1-2-9-18-14)12-22-15-8-3-5-13-6-4-10-19-17(13)15/h1-10H,11-12H2,(H,20,21). The summed E-state index contributed by atoms with van der Waals surface area (Å²) in [5.74, 6) is 0.407. The first-order valence-electron chi connectivity index (χ1n) is 6.96. The Bertz CT molecular complexity index is 770. The minimum Gasteiger partial charge on any atom is -0.481 e. The number of carbonyl (C=O) groups excluding carboxylic acids is 1. The van der Waals surface area contributed by atoms with Gasteiger partial charge in [-0.25, -0.2) is 0 Å². The average molecular weight is 293 g/mol. The molecule has 2 heterocycles. The number of aromatic nitrogens is 2. The maximum Gasteiger partial charge on any atom is 0.258 e. The van der Waals surface area contributed by atoms with Crippen LogP contribution in [0.4, 0.5) is 0 Å². The molecule has 0 unspecified atom stereocenters. The molecule has 0 atom stereocenters. The first-order valence-corrected chi connectivity index (χ1v) is 6.96. The molecule has 0 saturated carbocycles. The number of carbonyl (C=O) groups is 1. The number of ether oxygens (including phenoxy) is 1. The zero-order valence-electron chi connectivity index (χ0n) is 11.9. The Labute approximate surface area is 128 Å². The van der Waals surface area contributed by atoms with Crippen LogP contribution in [0.25, 0.3) is 10.9 Å². The molecule has 5 heteroatoms. The van der Waals surface area contributed by atoms with Crippen molar-refractivity contribution in [1.29, 1.82) is 0 Å². The predicted octanol–water partition coefficient (Wildman–Crippen LogP) is 2.33. The number of rotatable bonds is 5. The van der Waals surface area contributed by atoms with E-state index in [2.05, 4.69) is 15.3 Å². The van der Waals surface area contributed by atoms with Crippen LogP contribution < -0.4 is 10.1 Å². The molecule has 2 aromatic heterocycles. The molecule has 0 spiro atoms. The molecule has 0 saturated heterocycles. The Morgan fingerprint density at radius 1 is 1.00 bits per heavy atom. The molecular weight excluding hydrogens is 278 g/mol. The molecule has 0 aliphatic carbocycles. The van der Waals surface area contributed by atoms with Gasteiger partial charge in [-0.3, -0.25) is 14.8 Å². The van der Waals surface area contributed by atoms with E-state index in [9.17, 15) is 4.79 Å². The quantitative estimate of drug-likeness (QED) is 0.784. The molecule has 22 heavy (non-hydrogen) atoms. The number of benzene rings is 1. The lowest BCUT2D eigenvalue weighted by atomic mass is 10.2. The first kappa shape index (κ1) is 14.0. The number of hydrogen-bond acceptors (Lipinski definition) is 4. The Hall–Kier alpha value is -2.95. The van der Waals surface area contributed by atoms with E-state index in [1.54, 1.807) is 18.5 Å². The van der Waals surface area contributed by atoms with Crippen LogP contribution in [0.2, 0.25) is 0 Å². The van der Waals surface area contributed by atoms with Crippen LogP contribution in [-0.2, 0) is 11.3 Å². The molecule has 5 nitrogen and oxygen atoms in total. The number of nitrogens with one attached hydrogen (secondary N) is 1. The van der Waals surface area contributed by atoms with Gasteiger partial charge in [0, 0.05) is 17.8 Å². The summed E-state index contributed by atoms with van der Waals surface area (Å²) in [7, 11) is 0. The number of para-hydroxylation sites is 1. The molecule has 0 bridgehead atoms. The van der Waals surface area contributed by atoms with Crippen LogP contribution in [0.3, 0.4) is 0 Å². The van der Waals surface area contributed by atoms with Crippen LogP contribution in [0.15, 0.2) is 60.9 Å². The van der Waals surface area contributed by atoms with Crippen molar-refractivity contribution in [2.45, 2.75) is 6.54 Å². The zero-order chi connectivity index (χ0) is 15.2. The van der Waals surface area contributed by atoms with Gasteiger partial charge < -0.3 is 10.1 Å². The summed E-state index contributed by atoms with van der Waals surface area (Å²) in [5, 5.41) is 3.75. The summed E-state index contributed by atoms with van der Waals surface area (Å²) in [5.41, 5.74) is 1.56. The van der Waals surface area contributed by atoms with Crippen LogP contribution in [0.5, 0.6) is 5.75 Å². The van der Waals surface area contributed by atoms with Gasteiger partial charge >= 0.3 is 0 Å². The van der Waals surface area contributed by atoms with Gasteiger partial charge in [0.25, 0.3) is 5.91 Å². The summed E-state index contributed by atoms with van der Waals surface area (Å²) in [6, 6.07) is 15.0. The second kappa shape index (κ2) is 6.67. The Kier molecular flexibility index (Phi) is 4.25. The van der Waals surface area contributed by atoms with E-state index in [4.69, 9.17) is 4.74 Å². The molecule has 0 aliphatic rings. The third-order valence-corrected chi connectivity index (χ3v) is 3.15. The number of hydrogen-bond donors (Lipinski definition) is 1. The fourth-order valence-electron chi connectivity index (χ4n) is 2.08. The van der Waals surface area contributed by atoms with Gasteiger partial charge in [-0.1, -0.05) is 24.3 Å². The summed E-state index contributed by atoms with van der Waals surface area (Å²) in [6.07, 6.45) is 3.40. The van der Waals surface area contributed by atoms with Crippen molar-refractivity contribution < 1.29 is 9.53 Å². The van der Waals surface area contributed by atoms with Crippen LogP contribution in [0.1, 0.15) is 5.69 Å². The third-order valence-electron chi connectivity index (χ3n) is 3.15. The highest BCUT2D eigenvalue weighted by molar-refractivity contribution is 5.85. The highest BCUT2D eigenvalue weighted by atomic mass is 16.5. The van der Waals surface area contributed by atoms with Gasteiger partial charge in [-0.15, -0.1) is 0 Å². The van der Waals surface area contributed by atoms with E-state index < -0.39 is 0 Å². The smallest absolute Gasteiger partial charge is 0.258 e. The van der Waals surface area contributed by atoms with Crippen LogP contribution in [0, 0.1) is 0 Å². The second-order valence-corrected chi connectivity index (χ2v) is 4.72. The Morgan fingerprint density at radius 3 is 2.73 bits per heavy atom. The molecule has 110 valence electrons. The van der Waals surface area contributed by atoms with Crippen molar-refractivity contribution in [3.05, 3.63) is 66.6 Å². The van der Waals surface area contributed by atoms with E-state index >= 15 is 0 Å². The maximum absolute atomic E-state index is 11.8. The monoisotopic (exact) mass is 293 g/mol. The summed E-state index contributed by atoms with van der Waals surface area (Å²) in [6.45, 7) is 0.333. The molecule has 1 amide bonds. The fraction of sp³-hybridized carbons (Fsp3) is 0.118. The summed E-state index contributed by atoms with van der Waals surface area (Å²) >= 11 is 0. The Balaban J connectivity index is 1.58. The van der Waals surface area contributed by atoms with Crippen molar-refractivity contribution >= 4 is 16.8 Å². The van der Waals surface area contributed by atoms with E-state index in [0.717, 1.165) is 16.6 Å². The molecule has 1 aromatic carbocycles. The SMILES string of the molecule is O=C(COc1cccc2cccnc12)NCc1ccccn1. The molecule has 0 radical (unpaired) electrons. The molecule has 0 fully saturated rings. The van der Waals surface area contributed by atoms with Gasteiger partial charge in [0.2, 0.25) is 0 Å². The molecular formula is C17H15N3O2.